The third-order valence-electron chi connectivity index (χ3n) is 4.44. The van der Waals surface area contributed by atoms with E-state index in [9.17, 15) is 4.79 Å². The third-order valence-corrected chi connectivity index (χ3v) is 6.62. The lowest BCUT2D eigenvalue weighted by atomic mass is 10.1. The second-order valence-corrected chi connectivity index (χ2v) is 8.26. The van der Waals surface area contributed by atoms with E-state index in [1.165, 1.54) is 0 Å². The average molecular weight is 353 g/mol. The van der Waals surface area contributed by atoms with Gasteiger partial charge in [-0.05, 0) is 35.8 Å². The summed E-state index contributed by atoms with van der Waals surface area (Å²) in [6.45, 7) is 5.19. The highest BCUT2D eigenvalue weighted by Crippen LogP contribution is 2.33. The molecule has 1 aromatic carbocycles. The van der Waals surface area contributed by atoms with Gasteiger partial charge in [0.25, 0.3) is 5.91 Å². The van der Waals surface area contributed by atoms with E-state index in [2.05, 4.69) is 19.2 Å². The predicted molar refractivity (Wildman–Crippen MR) is 103 cm³/mol. The zero-order valence-electron chi connectivity index (χ0n) is 15.0. The number of anilines is 1. The van der Waals surface area contributed by atoms with Gasteiger partial charge < -0.3 is 20.1 Å². The molecule has 2 N–H and O–H groups in total. The van der Waals surface area contributed by atoms with Crippen molar-refractivity contribution in [3.8, 4) is 11.5 Å². The van der Waals surface area contributed by atoms with E-state index in [-0.39, 0.29) is 22.4 Å². The Morgan fingerprint density at radius 3 is 2.50 bits per heavy atom. The number of likely N-dealkylation sites (tertiary alicyclic amines) is 1. The van der Waals surface area contributed by atoms with Gasteiger partial charge in [0, 0.05) is 18.3 Å². The maximum absolute atomic E-state index is 13.0. The van der Waals surface area contributed by atoms with Crippen LogP contribution in [-0.2, 0) is 0 Å². The minimum Gasteiger partial charge on any atom is -0.493 e. The van der Waals surface area contributed by atoms with E-state index < -0.39 is 0 Å². The van der Waals surface area contributed by atoms with E-state index in [0.29, 0.717) is 22.7 Å². The van der Waals surface area contributed by atoms with Crippen LogP contribution >= 0.6 is 10.5 Å². The molecule has 0 unspecified atom stereocenters. The molecule has 1 heterocycles. The predicted octanol–water partition coefficient (Wildman–Crippen LogP) is 3.00. The van der Waals surface area contributed by atoms with E-state index in [1.54, 1.807) is 26.4 Å². The molecule has 0 spiro atoms. The molecule has 0 aliphatic carbocycles. The molecule has 1 atom stereocenters. The summed E-state index contributed by atoms with van der Waals surface area (Å²) < 4.78 is 10.6. The number of rotatable bonds is 6. The molecule has 1 aliphatic rings. The molecule has 1 fully saturated rings. The van der Waals surface area contributed by atoms with E-state index in [1.807, 2.05) is 4.90 Å². The standard InChI is InChI=1S/C18H28N2O3S/c1-5-24(6-2)12-13-8-7-9-20(13)18(21)14-10-16(22-3)17(23-4)11-15(14)19/h10-13H,5-9,19H2,1-4H3/t13-/m0/s1. The van der Waals surface area contributed by atoms with Gasteiger partial charge in [-0.15, -0.1) is 0 Å². The molecule has 134 valence electrons. The monoisotopic (exact) mass is 352 g/mol. The molecule has 0 radical (unpaired) electrons. The lowest BCUT2D eigenvalue weighted by molar-refractivity contribution is 0.0773. The van der Waals surface area contributed by atoms with Gasteiger partial charge in [-0.1, -0.05) is 13.8 Å². The number of nitrogen functional groups attached to an aromatic ring is 1. The number of methoxy groups -OCH3 is 2. The highest BCUT2D eigenvalue weighted by Gasteiger charge is 2.30. The maximum Gasteiger partial charge on any atom is 0.256 e. The fraction of sp³-hybridized carbons (Fsp3) is 0.556. The molecule has 1 saturated heterocycles. The molecule has 5 nitrogen and oxygen atoms in total. The van der Waals surface area contributed by atoms with Crippen LogP contribution in [0.25, 0.3) is 0 Å². The number of nitrogens with zero attached hydrogens (tertiary/aromatic N) is 1. The Kier molecular flexibility index (Phi) is 6.54. The van der Waals surface area contributed by atoms with E-state index >= 15 is 0 Å². The van der Waals surface area contributed by atoms with Crippen LogP contribution in [0, 0.1) is 0 Å². The van der Waals surface area contributed by atoms with Crippen LogP contribution < -0.4 is 15.2 Å². The van der Waals surface area contributed by atoms with Crippen molar-refractivity contribution >= 4 is 27.4 Å². The number of benzene rings is 1. The zero-order valence-corrected chi connectivity index (χ0v) is 15.8. The third kappa shape index (κ3) is 3.86. The summed E-state index contributed by atoms with van der Waals surface area (Å²) >= 11 is 0. The smallest absolute Gasteiger partial charge is 0.256 e. The Morgan fingerprint density at radius 2 is 1.92 bits per heavy atom. The van der Waals surface area contributed by atoms with Crippen LogP contribution in [0.15, 0.2) is 12.1 Å². The number of ether oxygens (including phenoxy) is 2. The van der Waals surface area contributed by atoms with E-state index in [0.717, 1.165) is 30.9 Å². The fourth-order valence-corrected chi connectivity index (χ4v) is 4.56. The van der Waals surface area contributed by atoms with Crippen molar-refractivity contribution in [2.45, 2.75) is 32.7 Å². The number of carbonyl (C=O) groups excluding carboxylic acids is 1. The van der Waals surface area contributed by atoms with Gasteiger partial charge in [-0.2, -0.15) is 10.5 Å². The summed E-state index contributed by atoms with van der Waals surface area (Å²) in [5, 5.41) is 2.36. The van der Waals surface area contributed by atoms with Gasteiger partial charge in [0.1, 0.15) is 0 Å². The second kappa shape index (κ2) is 8.42. The number of nitrogens with two attached hydrogens (primary N) is 1. The van der Waals surface area contributed by atoms with Crippen LogP contribution in [0.2, 0.25) is 0 Å². The van der Waals surface area contributed by atoms with Crippen molar-refractivity contribution in [2.24, 2.45) is 0 Å². The summed E-state index contributed by atoms with van der Waals surface area (Å²) in [5.74, 6) is 3.30. The SMILES string of the molecule is CCS(=C[C@@H]1CCCN1C(=O)c1cc(OC)c(OC)cc1N)CC. The molecule has 6 heteroatoms. The second-order valence-electron chi connectivity index (χ2n) is 5.75. The molecule has 1 aliphatic heterocycles. The first-order valence-corrected chi connectivity index (χ1v) is 10.0. The Bertz CT molecular complexity index is 625. The van der Waals surface area contributed by atoms with Crippen molar-refractivity contribution in [3.63, 3.8) is 0 Å². The van der Waals surface area contributed by atoms with Gasteiger partial charge in [-0.3, -0.25) is 4.79 Å². The quantitative estimate of drug-likeness (QED) is 0.631. The van der Waals surface area contributed by atoms with Crippen LogP contribution in [0.4, 0.5) is 5.69 Å². The normalized spacial score (nSPS) is 17.2. The highest BCUT2D eigenvalue weighted by molar-refractivity contribution is 8.15. The minimum atomic E-state index is -0.0250. The van der Waals surface area contributed by atoms with Gasteiger partial charge >= 0.3 is 0 Å². The zero-order chi connectivity index (χ0) is 17.7. The largest absolute Gasteiger partial charge is 0.493 e. The Morgan fingerprint density at radius 1 is 1.29 bits per heavy atom. The minimum absolute atomic E-state index is 0.0250. The average Bonchev–Trinajstić information content (AvgIpc) is 3.06. The topological polar surface area (TPSA) is 64.8 Å². The van der Waals surface area contributed by atoms with Crippen molar-refractivity contribution < 1.29 is 14.3 Å². The summed E-state index contributed by atoms with van der Waals surface area (Å²) in [6.07, 6.45) is 2.06. The first-order chi connectivity index (χ1) is 11.5. The van der Waals surface area contributed by atoms with Gasteiger partial charge in [-0.25, -0.2) is 0 Å². The van der Waals surface area contributed by atoms with Crippen LogP contribution in [-0.4, -0.2) is 54.5 Å². The molecular weight excluding hydrogens is 324 g/mol. The molecule has 2 rings (SSSR count). The summed E-state index contributed by atoms with van der Waals surface area (Å²) in [5.41, 5.74) is 7.01. The number of amides is 1. The van der Waals surface area contributed by atoms with Crippen molar-refractivity contribution in [1.29, 1.82) is 0 Å². The molecular formula is C18H28N2O3S. The first kappa shape index (κ1) is 18.6. The molecule has 1 amide bonds. The first-order valence-electron chi connectivity index (χ1n) is 8.39. The van der Waals surface area contributed by atoms with Gasteiger partial charge in [0.15, 0.2) is 11.5 Å². The number of hydrogen-bond acceptors (Lipinski definition) is 4. The molecule has 0 bridgehead atoms. The molecule has 0 saturated carbocycles. The summed E-state index contributed by atoms with van der Waals surface area (Å²) in [4.78, 5) is 15.0. The molecule has 24 heavy (non-hydrogen) atoms. The van der Waals surface area contributed by atoms with Gasteiger partial charge in [0.05, 0.1) is 25.8 Å². The van der Waals surface area contributed by atoms with Crippen molar-refractivity contribution in [3.05, 3.63) is 17.7 Å². The Hall–Kier alpha value is -1.69. The number of hydrogen-bond donors (Lipinski definition) is 1. The van der Waals surface area contributed by atoms with Crippen LogP contribution in [0.1, 0.15) is 37.0 Å². The van der Waals surface area contributed by atoms with Crippen LogP contribution in [0.3, 0.4) is 0 Å². The highest BCUT2D eigenvalue weighted by atomic mass is 32.2. The maximum atomic E-state index is 13.0. The summed E-state index contributed by atoms with van der Waals surface area (Å²) in [6, 6.07) is 3.54. The molecule has 0 aromatic heterocycles. The Balaban J connectivity index is 2.32. The number of carbonyl (C=O) groups is 1. The van der Waals surface area contributed by atoms with Gasteiger partial charge in [0.2, 0.25) is 0 Å². The lowest BCUT2D eigenvalue weighted by Gasteiger charge is -2.24. The lowest BCUT2D eigenvalue weighted by Crippen LogP contribution is -2.37. The van der Waals surface area contributed by atoms with Crippen LogP contribution in [0.5, 0.6) is 11.5 Å². The molecule has 1 aromatic rings. The Labute approximate surface area is 147 Å². The summed E-state index contributed by atoms with van der Waals surface area (Å²) in [7, 11) is 3.38. The van der Waals surface area contributed by atoms with Crippen molar-refractivity contribution in [1.82, 2.24) is 4.90 Å². The fourth-order valence-electron chi connectivity index (χ4n) is 3.04. The van der Waals surface area contributed by atoms with E-state index in [4.69, 9.17) is 15.2 Å². The van der Waals surface area contributed by atoms with Crippen molar-refractivity contribution in [2.75, 3.05) is 38.0 Å².